The Morgan fingerprint density at radius 2 is 1.62 bits per heavy atom. The second-order valence-corrected chi connectivity index (χ2v) is 8.03. The molecule has 0 fully saturated rings. The predicted octanol–water partition coefficient (Wildman–Crippen LogP) is 6.24. The van der Waals surface area contributed by atoms with Gasteiger partial charge in [-0.05, 0) is 18.9 Å². The largest absolute Gasteiger partial charge is 0.431 e. The van der Waals surface area contributed by atoms with Crippen molar-refractivity contribution in [2.24, 2.45) is 0 Å². The Bertz CT molecular complexity index is 226. The third-order valence-corrected chi connectivity index (χ3v) is 3.10. The maximum atomic E-state index is 10.7. The molecular weight excluding hydrogens is 266 g/mol. The summed E-state index contributed by atoms with van der Waals surface area (Å²) in [5.74, 6) is 0. The van der Waals surface area contributed by atoms with E-state index in [1.54, 1.807) is 0 Å². The maximum Gasteiger partial charge on any atom is 0.427 e. The molecule has 16 heavy (non-hydrogen) atoms. The Morgan fingerprint density at radius 1 is 1.06 bits per heavy atom. The number of hydrogen-bond acceptors (Lipinski definition) is 2. The van der Waals surface area contributed by atoms with Crippen LogP contribution in [0.3, 0.4) is 0 Å². The highest BCUT2D eigenvalue weighted by Gasteiger charge is 2.11. The van der Waals surface area contributed by atoms with Crippen LogP contribution in [-0.4, -0.2) is 0 Å². The van der Waals surface area contributed by atoms with Gasteiger partial charge in [-0.1, -0.05) is 45.4 Å². The van der Waals surface area contributed by atoms with E-state index in [-0.39, 0.29) is 0 Å². The monoisotopic (exact) mass is 286 g/mol. The average molecular weight is 287 g/mol. The fraction of sp³-hybridized carbons (Fsp3) is 0.818. The molecule has 5 heteroatoms. The van der Waals surface area contributed by atoms with E-state index in [0.29, 0.717) is 0 Å². The Morgan fingerprint density at radius 3 is 2.19 bits per heavy atom. The number of rotatable bonds is 10. The van der Waals surface area contributed by atoms with Crippen LogP contribution in [0.2, 0.25) is 0 Å². The summed E-state index contributed by atoms with van der Waals surface area (Å²) in [4.78, 5) is 0. The Hall–Kier alpha value is 0.350. The molecule has 0 aromatic heterocycles. The minimum Gasteiger partial charge on any atom is -0.431 e. The molecule has 0 aromatic carbocycles. The number of unbranched alkanes of at least 4 members (excludes halogenated alkanes) is 7. The third kappa shape index (κ3) is 14.4. The van der Waals surface area contributed by atoms with Crippen LogP contribution in [-0.2, 0) is 9.09 Å². The lowest BCUT2D eigenvalue weighted by atomic mass is 10.1. The van der Waals surface area contributed by atoms with Crippen molar-refractivity contribution in [3.05, 3.63) is 12.3 Å². The highest BCUT2D eigenvalue weighted by Crippen LogP contribution is 2.57. The molecule has 0 aliphatic carbocycles. The molecule has 0 spiro atoms. The van der Waals surface area contributed by atoms with E-state index >= 15 is 0 Å². The Labute approximate surface area is 108 Å². The van der Waals surface area contributed by atoms with Crippen LogP contribution in [0.5, 0.6) is 0 Å². The first-order valence-electron chi connectivity index (χ1n) is 5.89. The summed E-state index contributed by atoms with van der Waals surface area (Å²) in [5, 5.41) is 0. The van der Waals surface area contributed by atoms with E-state index in [1.165, 1.54) is 44.8 Å². The van der Waals surface area contributed by atoms with Crippen LogP contribution >= 0.6 is 28.6 Å². The first-order valence-corrected chi connectivity index (χ1v) is 9.32. The number of allylic oxidation sites excluding steroid dienone is 1. The van der Waals surface area contributed by atoms with Crippen molar-refractivity contribution >= 4 is 28.6 Å². The molecule has 0 aliphatic heterocycles. The van der Waals surface area contributed by atoms with Crippen molar-refractivity contribution in [1.82, 2.24) is 0 Å². The highest BCUT2D eigenvalue weighted by atomic mass is 35.9. The van der Waals surface area contributed by atoms with Gasteiger partial charge in [0, 0.05) is 22.5 Å². The van der Waals surface area contributed by atoms with Crippen molar-refractivity contribution in [3.8, 4) is 0 Å². The fourth-order valence-corrected chi connectivity index (χ4v) is 1.91. The normalized spacial score (nSPS) is 12.2. The van der Waals surface area contributed by atoms with Crippen LogP contribution in [0.25, 0.3) is 0 Å². The molecule has 0 aliphatic rings. The van der Waals surface area contributed by atoms with Gasteiger partial charge in [-0.15, -0.1) is 0 Å². The molecule has 96 valence electrons. The van der Waals surface area contributed by atoms with Gasteiger partial charge in [-0.25, -0.2) is 4.57 Å². The molecule has 0 bridgehead atoms. The SMILES string of the molecule is CCCCCCCCCC=COP(=O)(Cl)Cl. The third-order valence-electron chi connectivity index (χ3n) is 2.25. The molecule has 0 N–H and O–H groups in total. The predicted molar refractivity (Wildman–Crippen MR) is 72.1 cm³/mol. The molecule has 0 aromatic rings. The lowest BCUT2D eigenvalue weighted by molar-refractivity contribution is 0.468. The second-order valence-electron chi connectivity index (χ2n) is 3.80. The van der Waals surface area contributed by atoms with E-state index in [4.69, 9.17) is 22.5 Å². The van der Waals surface area contributed by atoms with Crippen molar-refractivity contribution in [2.75, 3.05) is 0 Å². The lowest BCUT2D eigenvalue weighted by Gasteiger charge is -2.00. The molecule has 0 atom stereocenters. The zero-order chi connectivity index (χ0) is 12.3. The summed E-state index contributed by atoms with van der Waals surface area (Å²) < 4.78 is 15.3. The number of halogens is 2. The molecule has 2 nitrogen and oxygen atoms in total. The maximum absolute atomic E-state index is 10.7. The van der Waals surface area contributed by atoms with Gasteiger partial charge < -0.3 is 4.52 Å². The van der Waals surface area contributed by atoms with Crippen LogP contribution in [0.15, 0.2) is 12.3 Å². The van der Waals surface area contributed by atoms with Crippen LogP contribution in [0.4, 0.5) is 0 Å². The van der Waals surface area contributed by atoms with Crippen molar-refractivity contribution < 1.29 is 9.09 Å². The number of hydrogen-bond donors (Lipinski definition) is 0. The quantitative estimate of drug-likeness (QED) is 0.270. The van der Waals surface area contributed by atoms with Crippen molar-refractivity contribution in [3.63, 3.8) is 0 Å². The minimum absolute atomic E-state index is 0.918. The summed E-state index contributed by atoms with van der Waals surface area (Å²) in [6.07, 6.45) is 9.62. The summed E-state index contributed by atoms with van der Waals surface area (Å²) in [6.45, 7) is 2.22. The summed E-state index contributed by atoms with van der Waals surface area (Å²) in [6, 6.07) is 0. The topological polar surface area (TPSA) is 26.3 Å². The first kappa shape index (κ1) is 16.4. The van der Waals surface area contributed by atoms with E-state index in [9.17, 15) is 4.57 Å². The van der Waals surface area contributed by atoms with Gasteiger partial charge in [0.05, 0.1) is 6.26 Å². The van der Waals surface area contributed by atoms with Crippen LogP contribution < -0.4 is 0 Å². The van der Waals surface area contributed by atoms with Gasteiger partial charge in [0.25, 0.3) is 0 Å². The van der Waals surface area contributed by atoms with Gasteiger partial charge in [0.2, 0.25) is 0 Å². The molecule has 0 saturated heterocycles. The molecule has 0 amide bonds. The fourth-order valence-electron chi connectivity index (χ4n) is 1.40. The zero-order valence-electron chi connectivity index (χ0n) is 9.83. The summed E-state index contributed by atoms with van der Waals surface area (Å²) in [5.41, 5.74) is 0. The summed E-state index contributed by atoms with van der Waals surface area (Å²) in [7, 11) is 0. The lowest BCUT2D eigenvalue weighted by Crippen LogP contribution is -1.79. The van der Waals surface area contributed by atoms with Gasteiger partial charge >= 0.3 is 6.07 Å². The van der Waals surface area contributed by atoms with Gasteiger partial charge in [-0.2, -0.15) is 0 Å². The van der Waals surface area contributed by atoms with E-state index in [2.05, 4.69) is 11.4 Å². The highest BCUT2D eigenvalue weighted by molar-refractivity contribution is 8.05. The second kappa shape index (κ2) is 10.5. The van der Waals surface area contributed by atoms with E-state index < -0.39 is 6.07 Å². The zero-order valence-corrected chi connectivity index (χ0v) is 12.2. The first-order chi connectivity index (χ1) is 7.56. The standard InChI is InChI=1S/C11H21Cl2O2P/c1-2-3-4-5-6-7-8-9-10-11-15-16(12,13)14/h10-11H,2-9H2,1H3. The molecule has 0 saturated carbocycles. The molecule has 0 heterocycles. The van der Waals surface area contributed by atoms with Crippen molar-refractivity contribution in [2.45, 2.75) is 58.3 Å². The van der Waals surface area contributed by atoms with Crippen LogP contribution in [0, 0.1) is 0 Å². The van der Waals surface area contributed by atoms with Gasteiger partial charge in [0.1, 0.15) is 0 Å². The van der Waals surface area contributed by atoms with Crippen LogP contribution in [0.1, 0.15) is 58.3 Å². The van der Waals surface area contributed by atoms with E-state index in [0.717, 1.165) is 12.8 Å². The smallest absolute Gasteiger partial charge is 0.427 e. The Kier molecular flexibility index (Phi) is 10.7. The Balaban J connectivity index is 3.18. The molecule has 0 radical (unpaired) electrons. The summed E-state index contributed by atoms with van der Waals surface area (Å²) >= 11 is 10.4. The molecular formula is C11H21Cl2O2P. The minimum atomic E-state index is -3.38. The van der Waals surface area contributed by atoms with E-state index in [1.807, 2.05) is 6.08 Å². The van der Waals surface area contributed by atoms with Crippen molar-refractivity contribution in [1.29, 1.82) is 0 Å². The average Bonchev–Trinajstić information content (AvgIpc) is 2.19. The molecule has 0 unspecified atom stereocenters. The molecule has 0 rings (SSSR count). The van der Waals surface area contributed by atoms with Gasteiger partial charge in [-0.3, -0.25) is 0 Å². The van der Waals surface area contributed by atoms with Gasteiger partial charge in [0.15, 0.2) is 0 Å².